The summed E-state index contributed by atoms with van der Waals surface area (Å²) in [6.45, 7) is 2.46. The number of ether oxygens (including phenoxy) is 3. The van der Waals surface area contributed by atoms with Crippen molar-refractivity contribution in [2.24, 2.45) is 0 Å². The highest BCUT2D eigenvalue weighted by Gasteiger charge is 2.29. The van der Waals surface area contributed by atoms with Gasteiger partial charge in [0.1, 0.15) is 25.4 Å². The Morgan fingerprint density at radius 3 is 0.816 bits per heavy atom. The molecule has 0 aromatic rings. The second-order valence-electron chi connectivity index (χ2n) is 26.8. The average molecular weight is 1490 g/mol. The molecule has 0 saturated carbocycles. The van der Waals surface area contributed by atoms with Crippen molar-refractivity contribution in [3.8, 4) is 0 Å². The number of hydrogen-bond donors (Lipinski definition) is 4. The Morgan fingerprint density at radius 1 is 0.282 bits per heavy atom. The quantitative estimate of drug-likeness (QED) is 0.0146. The molecule has 4 N–H and O–H groups in total. The zero-order chi connectivity index (χ0) is 75.2. The highest BCUT2D eigenvalue weighted by molar-refractivity contribution is 7.47. The largest absolute Gasteiger partial charge is 0.472 e. The fraction of sp³-hybridized carbons (Fsp3) is 0.706. The first-order valence-electron chi connectivity index (χ1n) is 40.5. The number of rotatable bonds is 76. The number of aliphatic hydroxyl groups excluding tert-OH is 2. The van der Waals surface area contributed by atoms with E-state index < -0.39 is 91.5 Å². The first-order valence-corrected chi connectivity index (χ1v) is 43.5. The number of phosphoric ester groups is 2. The van der Waals surface area contributed by atoms with Crippen molar-refractivity contribution >= 4 is 33.6 Å². The van der Waals surface area contributed by atoms with Crippen LogP contribution in [0.25, 0.3) is 0 Å². The third-order valence-electron chi connectivity index (χ3n) is 16.9. The zero-order valence-corrected chi connectivity index (χ0v) is 66.5. The third-order valence-corrected chi connectivity index (χ3v) is 18.8. The maximum Gasteiger partial charge on any atom is 0.472 e. The van der Waals surface area contributed by atoms with Crippen molar-refractivity contribution in [2.45, 2.75) is 347 Å². The van der Waals surface area contributed by atoms with E-state index in [1.807, 2.05) is 0 Å². The van der Waals surface area contributed by atoms with E-state index in [0.29, 0.717) is 19.3 Å². The van der Waals surface area contributed by atoms with E-state index in [4.69, 9.17) is 32.3 Å². The van der Waals surface area contributed by atoms with Crippen LogP contribution in [0.2, 0.25) is 0 Å². The summed E-state index contributed by atoms with van der Waals surface area (Å²) in [5.74, 6) is -1.58. The van der Waals surface area contributed by atoms with Gasteiger partial charge >= 0.3 is 33.6 Å². The van der Waals surface area contributed by atoms with Gasteiger partial charge in [-0.15, -0.1) is 0 Å². The molecule has 103 heavy (non-hydrogen) atoms. The maximum absolute atomic E-state index is 13.0. The summed E-state index contributed by atoms with van der Waals surface area (Å²) in [5.41, 5.74) is 0. The molecule has 5 atom stereocenters. The molecule has 0 bridgehead atoms. The van der Waals surface area contributed by atoms with Gasteiger partial charge in [0, 0.05) is 19.3 Å². The summed E-state index contributed by atoms with van der Waals surface area (Å²) in [6.07, 6.45) is 93.6. The molecule has 16 nitrogen and oxygen atoms in total. The molecular weight excluding hydrogens is 1340 g/mol. The van der Waals surface area contributed by atoms with Crippen LogP contribution < -0.4 is 0 Å². The predicted molar refractivity (Wildman–Crippen MR) is 426 cm³/mol. The van der Waals surface area contributed by atoms with Crippen molar-refractivity contribution in [1.29, 1.82) is 0 Å². The number of esters is 3. The Labute approximate surface area is 626 Å². The van der Waals surface area contributed by atoms with Gasteiger partial charge in [-0.1, -0.05) is 328 Å². The lowest BCUT2D eigenvalue weighted by Gasteiger charge is -2.21. The number of phosphoric acid groups is 2. The fourth-order valence-electron chi connectivity index (χ4n) is 10.8. The van der Waals surface area contributed by atoms with E-state index >= 15 is 0 Å². The first kappa shape index (κ1) is 98.7. The minimum absolute atomic E-state index is 0.103. The minimum Gasteiger partial charge on any atom is -0.463 e. The zero-order valence-electron chi connectivity index (χ0n) is 64.7. The molecule has 18 heteroatoms. The van der Waals surface area contributed by atoms with E-state index in [9.17, 15) is 43.5 Å². The molecule has 0 fully saturated rings. The molecule has 0 spiro atoms. The molecule has 0 heterocycles. The van der Waals surface area contributed by atoms with Crippen LogP contribution in [-0.4, -0.2) is 95.9 Å². The average Bonchev–Trinajstić information content (AvgIpc) is 0.914. The Kier molecular flexibility index (Phi) is 74.1. The van der Waals surface area contributed by atoms with Crippen molar-refractivity contribution in [2.75, 3.05) is 39.6 Å². The second-order valence-corrected chi connectivity index (χ2v) is 29.7. The lowest BCUT2D eigenvalue weighted by Crippen LogP contribution is -2.30. The van der Waals surface area contributed by atoms with E-state index in [-0.39, 0.29) is 19.3 Å². The van der Waals surface area contributed by atoms with Crippen molar-refractivity contribution in [3.05, 3.63) is 134 Å². The van der Waals surface area contributed by atoms with Gasteiger partial charge in [-0.2, -0.15) is 0 Å². The Balaban J connectivity index is 4.48. The van der Waals surface area contributed by atoms with Crippen molar-refractivity contribution < 1.29 is 75.8 Å². The lowest BCUT2D eigenvalue weighted by molar-refractivity contribution is -0.161. The van der Waals surface area contributed by atoms with Crippen LogP contribution in [0.5, 0.6) is 0 Å². The van der Waals surface area contributed by atoms with Gasteiger partial charge in [-0.3, -0.25) is 32.5 Å². The molecule has 0 aromatic heterocycles. The predicted octanol–water partition coefficient (Wildman–Crippen LogP) is 23.9. The number of carbonyl (C=O) groups is 3. The number of allylic oxidation sites excluding steroid dienone is 22. The molecule has 0 amide bonds. The van der Waals surface area contributed by atoms with Crippen molar-refractivity contribution in [1.82, 2.24) is 0 Å². The molecular formula is C85H146O16P2. The number of carbonyl (C=O) groups excluding carboxylic acids is 3. The van der Waals surface area contributed by atoms with Crippen LogP contribution in [0.15, 0.2) is 134 Å². The van der Waals surface area contributed by atoms with Crippen LogP contribution >= 0.6 is 15.6 Å². The van der Waals surface area contributed by atoms with Gasteiger partial charge in [0.05, 0.1) is 26.4 Å². The fourth-order valence-corrected chi connectivity index (χ4v) is 12.4. The highest BCUT2D eigenvalue weighted by atomic mass is 31.2. The highest BCUT2D eigenvalue weighted by Crippen LogP contribution is 2.45. The normalized spacial score (nSPS) is 14.7. The molecule has 0 aliphatic rings. The Morgan fingerprint density at radius 2 is 0.515 bits per heavy atom. The maximum atomic E-state index is 13.0. The summed E-state index contributed by atoms with van der Waals surface area (Å²) in [5, 5.41) is 20.6. The van der Waals surface area contributed by atoms with Gasteiger partial charge in [0.15, 0.2) is 6.10 Å². The Bertz CT molecular complexity index is 2410. The monoisotopic (exact) mass is 1490 g/mol. The van der Waals surface area contributed by atoms with Gasteiger partial charge in [0.25, 0.3) is 0 Å². The van der Waals surface area contributed by atoms with Crippen molar-refractivity contribution in [3.63, 3.8) is 0 Å². The molecule has 0 aliphatic heterocycles. The van der Waals surface area contributed by atoms with Crippen LogP contribution in [0.4, 0.5) is 0 Å². The lowest BCUT2D eigenvalue weighted by atomic mass is 10.0. The molecule has 5 unspecified atom stereocenters. The van der Waals surface area contributed by atoms with Gasteiger partial charge < -0.3 is 34.2 Å². The minimum atomic E-state index is -4.93. The molecule has 0 radical (unpaired) electrons. The molecule has 0 aliphatic carbocycles. The number of unbranched alkanes of at least 4 members (excludes halogenated alkanes) is 31. The van der Waals surface area contributed by atoms with E-state index in [0.717, 1.165) is 167 Å². The standard InChI is InChI=1S/C85H146O16P2/c1-4-7-10-13-16-19-22-25-27-29-31-33-35-36-37-38-39-40-41-42-44-46-47-49-51-54-56-59-62-65-68-71-83(88)95-74-80(86)75-97-102(91,92)98-76-81(87)77-99-103(93,94)100-79-82(101-85(90)73-70-67-64-61-58-53-24-21-18-15-12-9-6-3)78-96-84(89)72-69-66-63-60-57-55-52-50-48-45-43-34-32-30-28-26-23-20-17-14-11-8-5-2/h7-8,10-11,16-17,19-20,25-28,31-34,36-37,39-40,45,48,80-82,86-87H,4-6,9,12-15,18,21-24,29-30,35,38,41-44,46-47,49-79H2,1-3H3,(H,91,92)(H,93,94)/b10-7-,11-8-,19-16-,20-17-,27-25-,28-26-,33-31-,34-32-,37-36-,40-39-,48-45-. The molecule has 0 saturated heterocycles. The second kappa shape index (κ2) is 77.3. The van der Waals surface area contributed by atoms with Crippen LogP contribution in [0.3, 0.4) is 0 Å². The summed E-state index contributed by atoms with van der Waals surface area (Å²) >= 11 is 0. The topological polar surface area (TPSA) is 231 Å². The first-order chi connectivity index (χ1) is 50.2. The SMILES string of the molecule is CC/C=C\C/C=C\C/C=C\C/C=C\C/C=C\C/C=C\CCCCCCCCCCCCCCC(=O)OCC(O)COP(=O)(O)OCC(O)COP(=O)(O)OCC(COC(=O)CCCCCCCCC/C=C\C/C=C\C/C=C\C/C=C\C/C=C\CC)OC(=O)CCCCCCCCCCCCCCC. The number of aliphatic hydroxyl groups is 2. The van der Waals surface area contributed by atoms with Gasteiger partial charge in [-0.25, -0.2) is 9.13 Å². The van der Waals surface area contributed by atoms with Crippen LogP contribution in [-0.2, 0) is 55.8 Å². The van der Waals surface area contributed by atoms with Crippen LogP contribution in [0, 0.1) is 0 Å². The van der Waals surface area contributed by atoms with E-state index in [1.54, 1.807) is 0 Å². The molecule has 592 valence electrons. The summed E-state index contributed by atoms with van der Waals surface area (Å²) in [6, 6.07) is 0. The summed E-state index contributed by atoms with van der Waals surface area (Å²) in [7, 11) is -9.79. The van der Waals surface area contributed by atoms with E-state index in [1.165, 1.54) is 103 Å². The number of hydrogen-bond acceptors (Lipinski definition) is 14. The Hall–Kier alpha value is -4.31. The summed E-state index contributed by atoms with van der Waals surface area (Å²) in [4.78, 5) is 58.6. The van der Waals surface area contributed by atoms with E-state index in [2.05, 4.69) is 154 Å². The molecule has 0 rings (SSSR count). The third kappa shape index (κ3) is 78.6. The van der Waals surface area contributed by atoms with Crippen LogP contribution in [0.1, 0.15) is 329 Å². The molecule has 0 aromatic carbocycles. The smallest absolute Gasteiger partial charge is 0.463 e. The summed E-state index contributed by atoms with van der Waals surface area (Å²) < 4.78 is 61.2. The van der Waals surface area contributed by atoms with Gasteiger partial charge in [-0.05, 0) is 116 Å². The van der Waals surface area contributed by atoms with Gasteiger partial charge in [0.2, 0.25) is 0 Å².